The normalized spacial score (nSPS) is 20.4. The summed E-state index contributed by atoms with van der Waals surface area (Å²) >= 11 is 5.51. The number of nitrogens with zero attached hydrogens (tertiary/aromatic N) is 1. The van der Waals surface area contributed by atoms with E-state index < -0.39 is 0 Å². The quantitative estimate of drug-likeness (QED) is 0.362. The molecule has 2 aromatic carbocycles. The monoisotopic (exact) mass is 484 g/mol. The molecule has 1 fully saturated rings. The third kappa shape index (κ3) is 6.08. The summed E-state index contributed by atoms with van der Waals surface area (Å²) in [5, 5.41) is 8.87. The van der Waals surface area contributed by atoms with Crippen molar-refractivity contribution in [1.29, 1.82) is 0 Å². The molecule has 4 nitrogen and oxygen atoms in total. The van der Waals surface area contributed by atoms with E-state index in [2.05, 4.69) is 95.4 Å². The fourth-order valence-corrected chi connectivity index (χ4v) is 5.49. The van der Waals surface area contributed by atoms with Gasteiger partial charge >= 0.3 is 0 Å². The van der Waals surface area contributed by atoms with Crippen LogP contribution in [0.1, 0.15) is 43.2 Å². The number of para-hydroxylation sites is 1. The Morgan fingerprint density at radius 2 is 1.67 bits per heavy atom. The summed E-state index contributed by atoms with van der Waals surface area (Å²) in [6.07, 6.45) is 9.24. The highest BCUT2D eigenvalue weighted by atomic mass is 35.5. The smallest absolute Gasteiger partial charge is 0.166 e. The Kier molecular flexibility index (Phi) is 9.19. The van der Waals surface area contributed by atoms with Gasteiger partial charge in [-0.3, -0.25) is 4.90 Å². The van der Waals surface area contributed by atoms with Crippen LogP contribution in [0.4, 0.5) is 0 Å². The summed E-state index contributed by atoms with van der Waals surface area (Å²) in [5.41, 5.74) is 4.18. The number of fused-ring (bicyclic) bond motifs is 1. The van der Waals surface area contributed by atoms with Gasteiger partial charge in [0.2, 0.25) is 0 Å². The molecule has 1 saturated carbocycles. The fraction of sp³-hybridized carbons (Fsp3) is 0.444. The van der Waals surface area contributed by atoms with Gasteiger partial charge in [0.1, 0.15) is 0 Å². The number of nitrogens with one attached hydrogen (secondary N) is 3. The van der Waals surface area contributed by atoms with Gasteiger partial charge in [0, 0.05) is 35.7 Å². The molecule has 178 valence electrons. The van der Waals surface area contributed by atoms with Crippen molar-refractivity contribution in [2.24, 2.45) is 5.92 Å². The highest BCUT2D eigenvalue weighted by Crippen LogP contribution is 2.43. The number of hydrogen-bond acceptors (Lipinski definition) is 2. The highest BCUT2D eigenvalue weighted by molar-refractivity contribution is 7.80. The first-order valence-corrected chi connectivity index (χ1v) is 12.3. The predicted octanol–water partition coefficient (Wildman–Crippen LogP) is 5.63. The minimum Gasteiger partial charge on any atom is -0.363 e. The Balaban J connectivity index is 0.00000306. The van der Waals surface area contributed by atoms with Crippen molar-refractivity contribution in [2.45, 2.75) is 44.1 Å². The largest absolute Gasteiger partial charge is 0.363 e. The van der Waals surface area contributed by atoms with E-state index in [0.717, 1.165) is 30.5 Å². The first kappa shape index (κ1) is 25.5. The van der Waals surface area contributed by atoms with E-state index in [0.29, 0.717) is 0 Å². The van der Waals surface area contributed by atoms with Gasteiger partial charge in [-0.25, -0.2) is 0 Å². The lowest BCUT2D eigenvalue weighted by atomic mass is 9.71. The van der Waals surface area contributed by atoms with Crippen molar-refractivity contribution in [3.05, 3.63) is 71.9 Å². The Morgan fingerprint density at radius 3 is 2.39 bits per heavy atom. The molecule has 3 N–H and O–H groups in total. The van der Waals surface area contributed by atoms with Gasteiger partial charge in [0.05, 0.1) is 0 Å². The van der Waals surface area contributed by atoms with E-state index in [4.69, 9.17) is 12.2 Å². The van der Waals surface area contributed by atoms with Crippen LogP contribution in [-0.4, -0.2) is 42.2 Å². The molecule has 0 bridgehead atoms. The number of benzene rings is 2. The van der Waals surface area contributed by atoms with Gasteiger partial charge in [-0.2, -0.15) is 0 Å². The van der Waals surface area contributed by atoms with Crippen molar-refractivity contribution < 1.29 is 0 Å². The molecule has 1 aliphatic rings. The van der Waals surface area contributed by atoms with E-state index >= 15 is 0 Å². The molecule has 0 spiro atoms. The Bertz CT molecular complexity index is 1010. The molecule has 33 heavy (non-hydrogen) atoms. The van der Waals surface area contributed by atoms with Gasteiger partial charge in [0.25, 0.3) is 0 Å². The zero-order valence-electron chi connectivity index (χ0n) is 19.8. The van der Waals surface area contributed by atoms with Crippen molar-refractivity contribution in [3.8, 4) is 0 Å². The van der Waals surface area contributed by atoms with Gasteiger partial charge < -0.3 is 15.6 Å². The third-order valence-corrected chi connectivity index (χ3v) is 7.58. The van der Waals surface area contributed by atoms with Crippen molar-refractivity contribution >= 4 is 40.6 Å². The van der Waals surface area contributed by atoms with E-state index in [1.807, 2.05) is 0 Å². The maximum atomic E-state index is 5.51. The van der Waals surface area contributed by atoms with Crippen LogP contribution in [0.25, 0.3) is 10.9 Å². The summed E-state index contributed by atoms with van der Waals surface area (Å²) in [4.78, 5) is 5.77. The van der Waals surface area contributed by atoms with Crippen LogP contribution in [0.2, 0.25) is 0 Å². The first-order chi connectivity index (χ1) is 15.6. The van der Waals surface area contributed by atoms with Crippen LogP contribution in [0.3, 0.4) is 0 Å². The second-order valence-electron chi connectivity index (χ2n) is 9.32. The lowest BCUT2D eigenvalue weighted by Crippen LogP contribution is -2.44. The van der Waals surface area contributed by atoms with Gasteiger partial charge in [0.15, 0.2) is 5.11 Å². The van der Waals surface area contributed by atoms with Crippen molar-refractivity contribution in [3.63, 3.8) is 0 Å². The zero-order valence-corrected chi connectivity index (χ0v) is 21.4. The van der Waals surface area contributed by atoms with Gasteiger partial charge in [-0.1, -0.05) is 48.5 Å². The van der Waals surface area contributed by atoms with Crippen LogP contribution in [0, 0.1) is 5.92 Å². The zero-order chi connectivity index (χ0) is 22.4. The molecule has 4 rings (SSSR count). The number of H-pyrrole nitrogens is 1. The number of thiocarbonyl (C=S) groups is 1. The van der Waals surface area contributed by atoms with Crippen molar-refractivity contribution in [1.82, 2.24) is 20.5 Å². The number of rotatable bonds is 8. The molecule has 0 amide bonds. The van der Waals surface area contributed by atoms with Crippen molar-refractivity contribution in [2.75, 3.05) is 27.2 Å². The average molecular weight is 485 g/mol. The number of aromatic amines is 1. The molecule has 0 atom stereocenters. The van der Waals surface area contributed by atoms with Crippen LogP contribution < -0.4 is 10.6 Å². The van der Waals surface area contributed by atoms with E-state index in [1.165, 1.54) is 54.1 Å². The topological polar surface area (TPSA) is 43.1 Å². The summed E-state index contributed by atoms with van der Waals surface area (Å²) in [7, 11) is 4.46. The molecule has 1 aromatic heterocycles. The van der Waals surface area contributed by atoms with E-state index in [-0.39, 0.29) is 17.9 Å². The number of hydrogen-bond donors (Lipinski definition) is 3. The average Bonchev–Trinajstić information content (AvgIpc) is 3.23. The molecule has 0 unspecified atom stereocenters. The number of aromatic nitrogens is 1. The van der Waals surface area contributed by atoms with Crippen LogP contribution in [0.5, 0.6) is 0 Å². The maximum Gasteiger partial charge on any atom is 0.166 e. The van der Waals surface area contributed by atoms with Gasteiger partial charge in [-0.15, -0.1) is 12.4 Å². The Hall–Kier alpha value is -2.08. The highest BCUT2D eigenvalue weighted by Gasteiger charge is 2.38. The fourth-order valence-electron chi connectivity index (χ4n) is 5.29. The van der Waals surface area contributed by atoms with Crippen LogP contribution in [0.15, 0.2) is 60.8 Å². The third-order valence-electron chi connectivity index (χ3n) is 7.29. The standard InChI is InChI=1S/C27H36N4S.ClH/c1-31(2)27(23-8-4-3-5-9-23)16-12-21(13-17-27)14-18-28-26(32)29-19-15-22-20-30-25-11-7-6-10-24(22)25;/h3-11,20-21,30H,12-19H2,1-2H3,(H2,28,29,32);1H. The Morgan fingerprint density at radius 1 is 1.00 bits per heavy atom. The lowest BCUT2D eigenvalue weighted by Gasteiger charge is -2.45. The molecule has 3 aromatic rings. The maximum absolute atomic E-state index is 5.51. The molecule has 0 saturated heterocycles. The lowest BCUT2D eigenvalue weighted by molar-refractivity contribution is 0.0756. The Labute approximate surface area is 209 Å². The van der Waals surface area contributed by atoms with E-state index in [9.17, 15) is 0 Å². The van der Waals surface area contributed by atoms with Gasteiger partial charge in [-0.05, 0) is 87.9 Å². The summed E-state index contributed by atoms with van der Waals surface area (Å²) in [6, 6.07) is 19.5. The molecule has 0 aliphatic heterocycles. The molecular formula is C27H37ClN4S. The summed E-state index contributed by atoms with van der Waals surface area (Å²) in [6.45, 7) is 1.80. The number of halogens is 1. The predicted molar refractivity (Wildman–Crippen MR) is 146 cm³/mol. The molecular weight excluding hydrogens is 448 g/mol. The molecule has 1 aliphatic carbocycles. The second kappa shape index (κ2) is 11.9. The summed E-state index contributed by atoms with van der Waals surface area (Å²) in [5.74, 6) is 0.772. The molecule has 6 heteroatoms. The van der Waals surface area contributed by atoms with Crippen LogP contribution in [-0.2, 0) is 12.0 Å². The molecule has 1 heterocycles. The van der Waals surface area contributed by atoms with E-state index in [1.54, 1.807) is 0 Å². The second-order valence-corrected chi connectivity index (χ2v) is 9.72. The summed E-state index contributed by atoms with van der Waals surface area (Å²) < 4.78 is 0. The van der Waals surface area contributed by atoms with Crippen LogP contribution >= 0.6 is 24.6 Å². The minimum absolute atomic E-state index is 0. The molecule has 0 radical (unpaired) electrons. The SMILES string of the molecule is CN(C)C1(c2ccccc2)CCC(CCNC(=S)NCCc2c[nH]c3ccccc23)CC1.Cl. The first-order valence-electron chi connectivity index (χ1n) is 11.9. The minimum atomic E-state index is 0.